The number of ether oxygens (including phenoxy) is 1. The van der Waals surface area contributed by atoms with E-state index in [1.165, 1.54) is 0 Å². The van der Waals surface area contributed by atoms with Crippen molar-refractivity contribution < 1.29 is 9.53 Å². The molecule has 2 N–H and O–H groups in total. The number of nitrogens with two attached hydrogens (primary N) is 1. The number of hydrogen-bond acceptors (Lipinski definition) is 3. The molecule has 116 valence electrons. The highest BCUT2D eigenvalue weighted by Gasteiger charge is 2.43. The summed E-state index contributed by atoms with van der Waals surface area (Å²) < 4.78 is 5.81. The Morgan fingerprint density at radius 2 is 1.86 bits per heavy atom. The van der Waals surface area contributed by atoms with Gasteiger partial charge in [-0.3, -0.25) is 4.79 Å². The zero-order valence-corrected chi connectivity index (χ0v) is 13.2. The van der Waals surface area contributed by atoms with Gasteiger partial charge in [0.05, 0.1) is 18.1 Å². The largest absolute Gasteiger partial charge is 0.374 e. The Labute approximate surface area is 127 Å². The summed E-state index contributed by atoms with van der Waals surface area (Å²) in [5, 5.41) is 0. The monoisotopic (exact) mass is 290 g/mol. The van der Waals surface area contributed by atoms with E-state index < -0.39 is 0 Å². The first-order valence-electron chi connectivity index (χ1n) is 7.72. The predicted octanol–water partition coefficient (Wildman–Crippen LogP) is 2.03. The molecule has 1 amide bonds. The molecule has 1 aromatic rings. The van der Waals surface area contributed by atoms with Gasteiger partial charge in [0.2, 0.25) is 5.91 Å². The molecule has 0 radical (unpaired) electrons. The second-order valence-electron chi connectivity index (χ2n) is 5.97. The molecule has 4 nitrogen and oxygen atoms in total. The van der Waals surface area contributed by atoms with Crippen LogP contribution in [0.4, 0.5) is 0 Å². The van der Waals surface area contributed by atoms with Gasteiger partial charge in [0.1, 0.15) is 0 Å². The van der Waals surface area contributed by atoms with Gasteiger partial charge in [-0.25, -0.2) is 0 Å². The van der Waals surface area contributed by atoms with Crippen molar-refractivity contribution in [3.05, 3.63) is 35.9 Å². The van der Waals surface area contributed by atoms with Crippen LogP contribution >= 0.6 is 0 Å². The average molecular weight is 290 g/mol. The smallest absolute Gasteiger partial charge is 0.229 e. The average Bonchev–Trinajstić information content (AvgIpc) is 2.72. The maximum absolute atomic E-state index is 12.9. The molecule has 1 saturated heterocycles. The van der Waals surface area contributed by atoms with Crippen molar-refractivity contribution in [3.8, 4) is 0 Å². The second kappa shape index (κ2) is 7.05. The van der Waals surface area contributed by atoms with Crippen molar-refractivity contribution in [3.63, 3.8) is 0 Å². The standard InChI is InChI=1S/C17H26N2O2/c1-12-13(2)21-14(3)16(12)17(20)19(10-9-18)11-15-7-5-4-6-8-15/h4-8,12-14,16H,9-11,18H2,1-3H3. The van der Waals surface area contributed by atoms with Crippen LogP contribution in [0.1, 0.15) is 26.3 Å². The van der Waals surface area contributed by atoms with E-state index in [9.17, 15) is 4.79 Å². The molecule has 1 fully saturated rings. The van der Waals surface area contributed by atoms with Gasteiger partial charge in [0, 0.05) is 19.6 Å². The van der Waals surface area contributed by atoms with Crippen molar-refractivity contribution in [2.45, 2.75) is 39.5 Å². The van der Waals surface area contributed by atoms with Crippen molar-refractivity contribution in [1.82, 2.24) is 4.90 Å². The number of carbonyl (C=O) groups excluding carboxylic acids is 1. The predicted molar refractivity (Wildman–Crippen MR) is 83.6 cm³/mol. The topological polar surface area (TPSA) is 55.6 Å². The van der Waals surface area contributed by atoms with Crippen molar-refractivity contribution in [2.75, 3.05) is 13.1 Å². The molecule has 4 unspecified atom stereocenters. The summed E-state index contributed by atoms with van der Waals surface area (Å²) >= 11 is 0. The Balaban J connectivity index is 2.12. The van der Waals surface area contributed by atoms with E-state index in [0.717, 1.165) is 5.56 Å². The minimum atomic E-state index is -0.0738. The molecule has 1 heterocycles. The molecule has 0 bridgehead atoms. The Morgan fingerprint density at radius 3 is 2.38 bits per heavy atom. The molecule has 4 atom stereocenters. The fourth-order valence-electron chi connectivity index (χ4n) is 3.13. The van der Waals surface area contributed by atoms with Crippen LogP contribution in [-0.4, -0.2) is 36.1 Å². The van der Waals surface area contributed by atoms with Crippen LogP contribution in [0.3, 0.4) is 0 Å². The highest BCUT2D eigenvalue weighted by molar-refractivity contribution is 5.80. The van der Waals surface area contributed by atoms with Crippen molar-refractivity contribution in [1.29, 1.82) is 0 Å². The minimum Gasteiger partial charge on any atom is -0.374 e. The Morgan fingerprint density at radius 1 is 1.19 bits per heavy atom. The number of carbonyl (C=O) groups is 1. The van der Waals surface area contributed by atoms with E-state index in [2.05, 4.69) is 6.92 Å². The lowest BCUT2D eigenvalue weighted by Crippen LogP contribution is -2.42. The molecule has 0 aromatic heterocycles. The van der Waals surface area contributed by atoms with Gasteiger partial charge in [-0.15, -0.1) is 0 Å². The summed E-state index contributed by atoms with van der Waals surface area (Å²) in [4.78, 5) is 14.8. The lowest BCUT2D eigenvalue weighted by Gasteiger charge is -2.28. The quantitative estimate of drug-likeness (QED) is 0.903. The Bertz CT molecular complexity index is 463. The highest BCUT2D eigenvalue weighted by Crippen LogP contribution is 2.33. The van der Waals surface area contributed by atoms with Crippen LogP contribution in [0.25, 0.3) is 0 Å². The lowest BCUT2D eigenvalue weighted by atomic mass is 9.88. The van der Waals surface area contributed by atoms with Gasteiger partial charge >= 0.3 is 0 Å². The molecule has 0 aliphatic carbocycles. The number of rotatable bonds is 5. The summed E-state index contributed by atoms with van der Waals surface area (Å²) in [6.07, 6.45) is 0.101. The Hall–Kier alpha value is -1.39. The van der Waals surface area contributed by atoms with Crippen molar-refractivity contribution >= 4 is 5.91 Å². The van der Waals surface area contributed by atoms with E-state index in [-0.39, 0.29) is 30.0 Å². The summed E-state index contributed by atoms with van der Waals surface area (Å²) in [6, 6.07) is 10.0. The van der Waals surface area contributed by atoms with E-state index in [1.807, 2.05) is 49.1 Å². The summed E-state index contributed by atoms with van der Waals surface area (Å²) in [5.74, 6) is 0.326. The molecule has 0 saturated carbocycles. The summed E-state index contributed by atoms with van der Waals surface area (Å²) in [7, 11) is 0. The third-order valence-corrected chi connectivity index (χ3v) is 4.45. The molecule has 21 heavy (non-hydrogen) atoms. The first kappa shape index (κ1) is 16.0. The first-order valence-corrected chi connectivity index (χ1v) is 7.72. The molecule has 1 aliphatic heterocycles. The van der Waals surface area contributed by atoms with Gasteiger partial charge in [-0.05, 0) is 25.3 Å². The second-order valence-corrected chi connectivity index (χ2v) is 5.97. The van der Waals surface area contributed by atoms with E-state index in [4.69, 9.17) is 10.5 Å². The number of hydrogen-bond donors (Lipinski definition) is 1. The third kappa shape index (κ3) is 3.63. The van der Waals surface area contributed by atoms with Gasteiger partial charge in [0.15, 0.2) is 0 Å². The highest BCUT2D eigenvalue weighted by atomic mass is 16.5. The van der Waals surface area contributed by atoms with Crippen LogP contribution < -0.4 is 5.73 Å². The van der Waals surface area contributed by atoms with E-state index >= 15 is 0 Å². The van der Waals surface area contributed by atoms with Gasteiger partial charge in [0.25, 0.3) is 0 Å². The number of amides is 1. The van der Waals surface area contributed by atoms with Crippen LogP contribution in [-0.2, 0) is 16.1 Å². The molecule has 4 heteroatoms. The number of benzene rings is 1. The fourth-order valence-corrected chi connectivity index (χ4v) is 3.13. The van der Waals surface area contributed by atoms with Gasteiger partial charge < -0.3 is 15.4 Å². The maximum Gasteiger partial charge on any atom is 0.229 e. The summed E-state index contributed by atoms with van der Waals surface area (Å²) in [5.41, 5.74) is 6.82. The SMILES string of the molecule is CC1OC(C)C(C(=O)N(CCN)Cc2ccccc2)C1C. The molecule has 0 spiro atoms. The molecule has 1 aliphatic rings. The van der Waals surface area contributed by atoms with Crippen LogP contribution in [0.5, 0.6) is 0 Å². The van der Waals surface area contributed by atoms with Crippen LogP contribution in [0, 0.1) is 11.8 Å². The van der Waals surface area contributed by atoms with Gasteiger partial charge in [-0.1, -0.05) is 37.3 Å². The van der Waals surface area contributed by atoms with Gasteiger partial charge in [-0.2, -0.15) is 0 Å². The molecule has 2 rings (SSSR count). The normalized spacial score (nSPS) is 28.6. The Kier molecular flexibility index (Phi) is 5.37. The van der Waals surface area contributed by atoms with E-state index in [1.54, 1.807) is 0 Å². The fraction of sp³-hybridized carbons (Fsp3) is 0.588. The molecule has 1 aromatic carbocycles. The zero-order valence-electron chi connectivity index (χ0n) is 13.2. The first-order chi connectivity index (χ1) is 10.0. The maximum atomic E-state index is 12.9. The number of nitrogens with zero attached hydrogens (tertiary/aromatic N) is 1. The molecular formula is C17H26N2O2. The van der Waals surface area contributed by atoms with Crippen LogP contribution in [0.2, 0.25) is 0 Å². The summed E-state index contributed by atoms with van der Waals surface area (Å²) in [6.45, 7) is 7.80. The van der Waals surface area contributed by atoms with Crippen LogP contribution in [0.15, 0.2) is 30.3 Å². The van der Waals surface area contributed by atoms with Crippen molar-refractivity contribution in [2.24, 2.45) is 17.6 Å². The molecular weight excluding hydrogens is 264 g/mol. The lowest BCUT2D eigenvalue weighted by molar-refractivity contribution is -0.138. The minimum absolute atomic E-state index is 0.0291. The zero-order chi connectivity index (χ0) is 15.4. The van der Waals surface area contributed by atoms with E-state index in [0.29, 0.717) is 19.6 Å². The third-order valence-electron chi connectivity index (χ3n) is 4.45.